The third-order valence-electron chi connectivity index (χ3n) is 4.63. The topological polar surface area (TPSA) is 103 Å². The fourth-order valence-electron chi connectivity index (χ4n) is 3.09. The SMILES string of the molecule is Cn1nc(-c2ccccn2)cc1Oc1cc(C#N)ccc1-c1ccc(CCN)nc1. The highest BCUT2D eigenvalue weighted by atomic mass is 16.5. The minimum absolute atomic E-state index is 0.508. The van der Waals surface area contributed by atoms with Crippen molar-refractivity contribution >= 4 is 0 Å². The van der Waals surface area contributed by atoms with E-state index in [9.17, 15) is 5.26 Å². The number of ether oxygens (including phenoxy) is 1. The maximum absolute atomic E-state index is 9.34. The van der Waals surface area contributed by atoms with Gasteiger partial charge in [0.2, 0.25) is 5.88 Å². The Balaban J connectivity index is 1.70. The number of nitrogens with zero attached hydrogens (tertiary/aromatic N) is 5. The molecule has 30 heavy (non-hydrogen) atoms. The molecule has 0 bridgehead atoms. The summed E-state index contributed by atoms with van der Waals surface area (Å²) in [4.78, 5) is 8.81. The molecule has 0 fully saturated rings. The summed E-state index contributed by atoms with van der Waals surface area (Å²) in [5.74, 6) is 1.10. The highest BCUT2D eigenvalue weighted by Gasteiger charge is 2.14. The van der Waals surface area contributed by atoms with E-state index in [0.29, 0.717) is 29.4 Å². The van der Waals surface area contributed by atoms with E-state index in [4.69, 9.17) is 10.5 Å². The number of rotatable bonds is 6. The van der Waals surface area contributed by atoms with Crippen LogP contribution in [0.1, 0.15) is 11.3 Å². The van der Waals surface area contributed by atoms with Crippen molar-refractivity contribution in [3.8, 4) is 40.2 Å². The maximum Gasteiger partial charge on any atom is 0.218 e. The second-order valence-corrected chi connectivity index (χ2v) is 6.71. The maximum atomic E-state index is 9.34. The molecule has 0 saturated heterocycles. The molecule has 3 aromatic heterocycles. The van der Waals surface area contributed by atoms with Crippen LogP contribution in [0, 0.1) is 11.3 Å². The van der Waals surface area contributed by atoms with Gasteiger partial charge in [0, 0.05) is 48.7 Å². The van der Waals surface area contributed by atoms with Crippen LogP contribution in [0.4, 0.5) is 0 Å². The number of pyridine rings is 2. The van der Waals surface area contributed by atoms with Crippen molar-refractivity contribution in [1.82, 2.24) is 19.7 Å². The molecule has 0 atom stereocenters. The molecule has 0 aliphatic carbocycles. The number of aryl methyl sites for hydroxylation is 1. The normalized spacial score (nSPS) is 10.6. The van der Waals surface area contributed by atoms with E-state index >= 15 is 0 Å². The van der Waals surface area contributed by atoms with Crippen LogP contribution in [-0.2, 0) is 13.5 Å². The zero-order valence-electron chi connectivity index (χ0n) is 16.5. The lowest BCUT2D eigenvalue weighted by Crippen LogP contribution is -2.04. The summed E-state index contributed by atoms with van der Waals surface area (Å²) >= 11 is 0. The van der Waals surface area contributed by atoms with Gasteiger partial charge in [-0.2, -0.15) is 10.4 Å². The third kappa shape index (κ3) is 4.04. The quantitative estimate of drug-likeness (QED) is 0.533. The number of nitrogens with two attached hydrogens (primary N) is 1. The zero-order chi connectivity index (χ0) is 20.9. The lowest BCUT2D eigenvalue weighted by atomic mass is 10.0. The van der Waals surface area contributed by atoms with Gasteiger partial charge in [0.15, 0.2) is 0 Å². The summed E-state index contributed by atoms with van der Waals surface area (Å²) in [6.07, 6.45) is 4.24. The molecule has 0 saturated carbocycles. The lowest BCUT2D eigenvalue weighted by molar-refractivity contribution is 0.432. The summed E-state index contributed by atoms with van der Waals surface area (Å²) in [5.41, 5.74) is 10.2. The fourth-order valence-corrected chi connectivity index (χ4v) is 3.09. The molecule has 3 heterocycles. The lowest BCUT2D eigenvalue weighted by Gasteiger charge is -2.12. The smallest absolute Gasteiger partial charge is 0.218 e. The van der Waals surface area contributed by atoms with Crippen molar-refractivity contribution in [3.05, 3.63) is 78.2 Å². The van der Waals surface area contributed by atoms with E-state index in [1.165, 1.54) is 0 Å². The van der Waals surface area contributed by atoms with Gasteiger partial charge in [-0.1, -0.05) is 12.1 Å². The van der Waals surface area contributed by atoms with Crippen molar-refractivity contribution in [1.29, 1.82) is 5.26 Å². The van der Waals surface area contributed by atoms with Gasteiger partial charge < -0.3 is 10.5 Å². The van der Waals surface area contributed by atoms with Crippen LogP contribution in [-0.4, -0.2) is 26.3 Å². The van der Waals surface area contributed by atoms with Crippen LogP contribution >= 0.6 is 0 Å². The molecular weight excluding hydrogens is 376 g/mol. The summed E-state index contributed by atoms with van der Waals surface area (Å²) in [7, 11) is 1.80. The predicted molar refractivity (Wildman–Crippen MR) is 114 cm³/mol. The molecule has 0 aliphatic heterocycles. The Hall–Kier alpha value is -4.02. The average molecular weight is 396 g/mol. The third-order valence-corrected chi connectivity index (χ3v) is 4.63. The number of aromatic nitrogens is 4. The number of hydrogen-bond donors (Lipinski definition) is 1. The highest BCUT2D eigenvalue weighted by molar-refractivity contribution is 5.71. The summed E-state index contributed by atoms with van der Waals surface area (Å²) in [6, 6.07) is 18.9. The van der Waals surface area contributed by atoms with Crippen molar-refractivity contribution in [2.24, 2.45) is 12.8 Å². The first-order chi connectivity index (χ1) is 14.7. The Morgan fingerprint density at radius 2 is 1.97 bits per heavy atom. The fraction of sp³-hybridized carbons (Fsp3) is 0.130. The Labute approximate surface area is 174 Å². The van der Waals surface area contributed by atoms with Gasteiger partial charge in [0.25, 0.3) is 0 Å². The number of nitriles is 1. The van der Waals surface area contributed by atoms with Gasteiger partial charge in [-0.3, -0.25) is 9.97 Å². The van der Waals surface area contributed by atoms with Crippen LogP contribution in [0.3, 0.4) is 0 Å². The first-order valence-corrected chi connectivity index (χ1v) is 9.51. The molecule has 4 aromatic rings. The number of benzene rings is 1. The van der Waals surface area contributed by atoms with Crippen molar-refractivity contribution in [2.45, 2.75) is 6.42 Å². The van der Waals surface area contributed by atoms with Crippen LogP contribution in [0.5, 0.6) is 11.6 Å². The van der Waals surface area contributed by atoms with Gasteiger partial charge in [0.1, 0.15) is 11.4 Å². The molecular formula is C23H20N6O. The predicted octanol–water partition coefficient (Wildman–Crippen LogP) is 3.71. The molecule has 7 heteroatoms. The monoisotopic (exact) mass is 396 g/mol. The van der Waals surface area contributed by atoms with Crippen LogP contribution in [0.2, 0.25) is 0 Å². The molecule has 148 valence electrons. The van der Waals surface area contributed by atoms with Gasteiger partial charge in [-0.05, 0) is 42.9 Å². The Bertz CT molecular complexity index is 1190. The van der Waals surface area contributed by atoms with E-state index in [2.05, 4.69) is 21.1 Å². The summed E-state index contributed by atoms with van der Waals surface area (Å²) < 4.78 is 7.84. The first-order valence-electron chi connectivity index (χ1n) is 9.51. The summed E-state index contributed by atoms with van der Waals surface area (Å²) in [6.45, 7) is 0.552. The Kier molecular flexibility index (Phi) is 5.50. The van der Waals surface area contributed by atoms with Crippen LogP contribution < -0.4 is 10.5 Å². The van der Waals surface area contributed by atoms with E-state index < -0.39 is 0 Å². The van der Waals surface area contributed by atoms with Crippen molar-refractivity contribution < 1.29 is 4.74 Å². The van der Waals surface area contributed by atoms with Gasteiger partial charge in [-0.15, -0.1) is 0 Å². The van der Waals surface area contributed by atoms with Crippen molar-refractivity contribution in [2.75, 3.05) is 6.54 Å². The zero-order valence-corrected chi connectivity index (χ0v) is 16.5. The van der Waals surface area contributed by atoms with Crippen LogP contribution in [0.15, 0.2) is 67.0 Å². The molecule has 0 unspecified atom stereocenters. The molecule has 0 aliphatic rings. The second kappa shape index (κ2) is 8.55. The van der Waals surface area contributed by atoms with Gasteiger partial charge in [-0.25, -0.2) is 4.68 Å². The molecule has 4 rings (SSSR count). The highest BCUT2D eigenvalue weighted by Crippen LogP contribution is 2.35. The van der Waals surface area contributed by atoms with E-state index in [1.807, 2.05) is 42.5 Å². The first kappa shape index (κ1) is 19.3. The van der Waals surface area contributed by atoms with Crippen LogP contribution in [0.25, 0.3) is 22.5 Å². The van der Waals surface area contributed by atoms with E-state index in [0.717, 1.165) is 28.9 Å². The minimum Gasteiger partial charge on any atom is -0.439 e. The van der Waals surface area contributed by atoms with E-state index in [-0.39, 0.29) is 0 Å². The standard InChI is InChI=1S/C23H20N6O/c1-29-23(13-21(28-29)20-4-2-3-11-26-20)30-22-12-16(14-25)5-8-19(22)17-6-7-18(9-10-24)27-15-17/h2-8,11-13,15H,9-10,24H2,1H3. The molecule has 0 radical (unpaired) electrons. The van der Waals surface area contributed by atoms with Crippen molar-refractivity contribution in [3.63, 3.8) is 0 Å². The number of hydrogen-bond acceptors (Lipinski definition) is 6. The molecule has 2 N–H and O–H groups in total. The minimum atomic E-state index is 0.508. The largest absolute Gasteiger partial charge is 0.439 e. The molecule has 0 amide bonds. The second-order valence-electron chi connectivity index (χ2n) is 6.71. The van der Waals surface area contributed by atoms with E-state index in [1.54, 1.807) is 36.3 Å². The molecule has 1 aromatic carbocycles. The Morgan fingerprint density at radius 3 is 2.67 bits per heavy atom. The average Bonchev–Trinajstić information content (AvgIpc) is 3.15. The van der Waals surface area contributed by atoms with Gasteiger partial charge >= 0.3 is 0 Å². The molecule has 0 spiro atoms. The summed E-state index contributed by atoms with van der Waals surface area (Å²) in [5, 5.41) is 13.8. The van der Waals surface area contributed by atoms with Gasteiger partial charge in [0.05, 0.1) is 17.3 Å². The molecule has 7 nitrogen and oxygen atoms in total. The Morgan fingerprint density at radius 1 is 1.07 bits per heavy atom.